The molecule has 6 nitrogen and oxygen atoms in total. The molecule has 0 fully saturated rings. The van der Waals surface area contributed by atoms with E-state index in [0.29, 0.717) is 36.3 Å². The number of hydrogen-bond acceptors (Lipinski definition) is 5. The molecule has 1 aromatic heterocycles. The van der Waals surface area contributed by atoms with Crippen molar-refractivity contribution in [1.29, 1.82) is 0 Å². The zero-order valence-electron chi connectivity index (χ0n) is 17.7. The summed E-state index contributed by atoms with van der Waals surface area (Å²) in [5.41, 5.74) is 1.96. The SMILES string of the molecule is CCOc1ccccc1Oc1ccc(CNC(=O)C(C)Oc2ccc(C)cc2Br)cn1. The smallest absolute Gasteiger partial charge is 0.261 e. The summed E-state index contributed by atoms with van der Waals surface area (Å²) in [5, 5.41) is 2.86. The van der Waals surface area contributed by atoms with Gasteiger partial charge in [-0.25, -0.2) is 4.98 Å². The van der Waals surface area contributed by atoms with Crippen LogP contribution in [0.2, 0.25) is 0 Å². The van der Waals surface area contributed by atoms with Crippen molar-refractivity contribution in [2.45, 2.75) is 33.4 Å². The fraction of sp³-hybridized carbons (Fsp3) is 0.250. The molecule has 0 radical (unpaired) electrons. The van der Waals surface area contributed by atoms with Crippen LogP contribution < -0.4 is 19.5 Å². The zero-order chi connectivity index (χ0) is 22.2. The number of pyridine rings is 1. The molecular formula is C24H25BrN2O4. The van der Waals surface area contributed by atoms with E-state index >= 15 is 0 Å². The molecule has 0 saturated heterocycles. The van der Waals surface area contributed by atoms with Crippen molar-refractivity contribution in [1.82, 2.24) is 10.3 Å². The van der Waals surface area contributed by atoms with E-state index in [1.807, 2.05) is 62.4 Å². The predicted octanol–water partition coefficient (Wildman–Crippen LogP) is 5.43. The van der Waals surface area contributed by atoms with Crippen LogP contribution in [0.1, 0.15) is 25.0 Å². The average Bonchev–Trinajstić information content (AvgIpc) is 2.76. The summed E-state index contributed by atoms with van der Waals surface area (Å²) in [5.74, 6) is 2.13. The molecule has 0 aliphatic heterocycles. The highest BCUT2D eigenvalue weighted by molar-refractivity contribution is 9.10. The van der Waals surface area contributed by atoms with Gasteiger partial charge >= 0.3 is 0 Å². The second-order valence-corrected chi connectivity index (χ2v) is 7.75. The number of aromatic nitrogens is 1. The average molecular weight is 485 g/mol. The molecule has 31 heavy (non-hydrogen) atoms. The van der Waals surface area contributed by atoms with Gasteiger partial charge in [-0.15, -0.1) is 0 Å². The molecule has 0 bridgehead atoms. The first-order chi connectivity index (χ1) is 15.0. The number of rotatable bonds is 9. The van der Waals surface area contributed by atoms with Gasteiger partial charge in [0.15, 0.2) is 17.6 Å². The van der Waals surface area contributed by atoms with E-state index in [0.717, 1.165) is 15.6 Å². The standard InChI is InChI=1S/C24H25BrN2O4/c1-4-29-21-7-5-6-8-22(21)31-23-12-10-18(14-26-23)15-27-24(28)17(3)30-20-11-9-16(2)13-19(20)25/h5-14,17H,4,15H2,1-3H3,(H,27,28). The first-order valence-electron chi connectivity index (χ1n) is 10.0. The molecule has 0 aliphatic carbocycles. The lowest BCUT2D eigenvalue weighted by Gasteiger charge is -2.16. The molecular weight excluding hydrogens is 460 g/mol. The first-order valence-corrected chi connectivity index (χ1v) is 10.8. The van der Waals surface area contributed by atoms with Crippen LogP contribution >= 0.6 is 15.9 Å². The fourth-order valence-corrected chi connectivity index (χ4v) is 3.36. The van der Waals surface area contributed by atoms with Gasteiger partial charge < -0.3 is 19.5 Å². The monoisotopic (exact) mass is 484 g/mol. The molecule has 3 rings (SSSR count). The highest BCUT2D eigenvalue weighted by Gasteiger charge is 2.16. The van der Waals surface area contributed by atoms with Gasteiger partial charge in [0, 0.05) is 18.8 Å². The Labute approximate surface area is 190 Å². The van der Waals surface area contributed by atoms with Gasteiger partial charge in [-0.3, -0.25) is 4.79 Å². The van der Waals surface area contributed by atoms with Crippen LogP contribution in [0.15, 0.2) is 65.3 Å². The van der Waals surface area contributed by atoms with E-state index in [9.17, 15) is 4.79 Å². The maximum Gasteiger partial charge on any atom is 0.261 e. The van der Waals surface area contributed by atoms with Crippen molar-refractivity contribution < 1.29 is 19.0 Å². The van der Waals surface area contributed by atoms with Crippen LogP contribution in [-0.4, -0.2) is 23.6 Å². The van der Waals surface area contributed by atoms with Gasteiger partial charge in [0.25, 0.3) is 5.91 Å². The van der Waals surface area contributed by atoms with E-state index in [2.05, 4.69) is 26.2 Å². The summed E-state index contributed by atoms with van der Waals surface area (Å²) in [4.78, 5) is 16.7. The van der Waals surface area contributed by atoms with Gasteiger partial charge in [0.2, 0.25) is 5.88 Å². The summed E-state index contributed by atoms with van der Waals surface area (Å²) in [6, 6.07) is 16.8. The molecule has 0 spiro atoms. The van der Waals surface area contributed by atoms with Crippen LogP contribution in [0.5, 0.6) is 23.1 Å². The Morgan fingerprint density at radius 1 is 1.10 bits per heavy atom. The van der Waals surface area contributed by atoms with E-state index < -0.39 is 6.10 Å². The molecule has 1 amide bonds. The van der Waals surface area contributed by atoms with Crippen LogP contribution in [0, 0.1) is 6.92 Å². The highest BCUT2D eigenvalue weighted by Crippen LogP contribution is 2.30. The number of ether oxygens (including phenoxy) is 3. The summed E-state index contributed by atoms with van der Waals surface area (Å²) < 4.78 is 18.0. The minimum atomic E-state index is -0.635. The Kier molecular flexibility index (Phi) is 7.89. The van der Waals surface area contributed by atoms with Crippen LogP contribution in [-0.2, 0) is 11.3 Å². The predicted molar refractivity (Wildman–Crippen MR) is 123 cm³/mol. The molecule has 1 N–H and O–H groups in total. The van der Waals surface area contributed by atoms with Crippen LogP contribution in [0.3, 0.4) is 0 Å². The van der Waals surface area contributed by atoms with Crippen LogP contribution in [0.25, 0.3) is 0 Å². The van der Waals surface area contributed by atoms with Crippen LogP contribution in [0.4, 0.5) is 0 Å². The Morgan fingerprint density at radius 3 is 2.55 bits per heavy atom. The molecule has 0 aliphatic rings. The highest BCUT2D eigenvalue weighted by atomic mass is 79.9. The van der Waals surface area contributed by atoms with Gasteiger partial charge in [-0.05, 0) is 72.1 Å². The number of nitrogens with one attached hydrogen (secondary N) is 1. The lowest BCUT2D eigenvalue weighted by molar-refractivity contribution is -0.127. The van der Waals surface area contributed by atoms with Crippen molar-refractivity contribution in [3.63, 3.8) is 0 Å². The molecule has 1 unspecified atom stereocenters. The number of halogens is 1. The Balaban J connectivity index is 1.53. The lowest BCUT2D eigenvalue weighted by atomic mass is 10.2. The number of amides is 1. The molecule has 1 heterocycles. The summed E-state index contributed by atoms with van der Waals surface area (Å²) in [6.07, 6.45) is 1.03. The Bertz CT molecular complexity index is 1020. The van der Waals surface area contributed by atoms with E-state index in [4.69, 9.17) is 14.2 Å². The van der Waals surface area contributed by atoms with E-state index in [1.54, 1.807) is 19.2 Å². The topological polar surface area (TPSA) is 69.7 Å². The third kappa shape index (κ3) is 6.46. The second-order valence-electron chi connectivity index (χ2n) is 6.90. The third-order valence-corrected chi connectivity index (χ3v) is 5.01. The molecule has 1 atom stereocenters. The third-order valence-electron chi connectivity index (χ3n) is 4.39. The van der Waals surface area contributed by atoms with Gasteiger partial charge in [-0.2, -0.15) is 0 Å². The van der Waals surface area contributed by atoms with Crippen molar-refractivity contribution in [3.8, 4) is 23.1 Å². The number of carbonyl (C=O) groups is 1. The normalized spacial score (nSPS) is 11.5. The second kappa shape index (κ2) is 10.8. The molecule has 3 aromatic rings. The number of carbonyl (C=O) groups excluding carboxylic acids is 1. The number of para-hydroxylation sites is 2. The van der Waals surface area contributed by atoms with E-state index in [-0.39, 0.29) is 5.91 Å². The quantitative estimate of drug-likeness (QED) is 0.438. The zero-order valence-corrected chi connectivity index (χ0v) is 19.3. The minimum Gasteiger partial charge on any atom is -0.490 e. The maximum absolute atomic E-state index is 12.4. The van der Waals surface area contributed by atoms with Crippen molar-refractivity contribution in [3.05, 3.63) is 76.4 Å². The lowest BCUT2D eigenvalue weighted by Crippen LogP contribution is -2.36. The summed E-state index contributed by atoms with van der Waals surface area (Å²) >= 11 is 3.46. The molecule has 0 saturated carbocycles. The van der Waals surface area contributed by atoms with Gasteiger partial charge in [0.05, 0.1) is 11.1 Å². The summed E-state index contributed by atoms with van der Waals surface area (Å²) in [6.45, 7) is 6.52. The van der Waals surface area contributed by atoms with Crippen molar-refractivity contribution in [2.75, 3.05) is 6.61 Å². The fourth-order valence-electron chi connectivity index (χ4n) is 2.78. The van der Waals surface area contributed by atoms with Gasteiger partial charge in [-0.1, -0.05) is 24.3 Å². The number of hydrogen-bond donors (Lipinski definition) is 1. The number of aryl methyl sites for hydroxylation is 1. The molecule has 7 heteroatoms. The summed E-state index contributed by atoms with van der Waals surface area (Å²) in [7, 11) is 0. The largest absolute Gasteiger partial charge is 0.490 e. The number of nitrogens with zero attached hydrogens (tertiary/aromatic N) is 1. The van der Waals surface area contributed by atoms with E-state index in [1.165, 1.54) is 0 Å². The molecule has 2 aromatic carbocycles. The van der Waals surface area contributed by atoms with Gasteiger partial charge in [0.1, 0.15) is 5.75 Å². The Morgan fingerprint density at radius 2 is 1.87 bits per heavy atom. The number of benzene rings is 2. The molecule has 162 valence electrons. The van der Waals surface area contributed by atoms with Crippen molar-refractivity contribution >= 4 is 21.8 Å². The maximum atomic E-state index is 12.4. The Hall–Kier alpha value is -3.06. The minimum absolute atomic E-state index is 0.210. The van der Waals surface area contributed by atoms with Crippen molar-refractivity contribution in [2.24, 2.45) is 0 Å². The first kappa shape index (κ1) is 22.6.